The Morgan fingerprint density at radius 1 is 0.979 bits per heavy atom. The SMILES string of the molecule is COCOc1ccc(F)cc1C(c1nc2ccccc2[nH]1)n1cnc2ccc(-c3ccc(C4CCN(C)CC4)cc3)c(OC)c2c1=O. The minimum absolute atomic E-state index is 0.0654. The summed E-state index contributed by atoms with van der Waals surface area (Å²) in [6.07, 6.45) is 3.73. The van der Waals surface area contributed by atoms with Gasteiger partial charge in [-0.2, -0.15) is 0 Å². The molecular formula is C37H36FN5O4. The molecule has 3 heterocycles. The lowest BCUT2D eigenvalue weighted by Gasteiger charge is -2.29. The maximum Gasteiger partial charge on any atom is 0.265 e. The Balaban J connectivity index is 1.38. The lowest BCUT2D eigenvalue weighted by atomic mass is 9.88. The number of halogens is 1. The molecule has 1 atom stereocenters. The smallest absolute Gasteiger partial charge is 0.265 e. The van der Waals surface area contributed by atoms with Crippen molar-refractivity contribution in [3.63, 3.8) is 0 Å². The molecule has 0 bridgehead atoms. The van der Waals surface area contributed by atoms with E-state index in [1.807, 2.05) is 36.4 Å². The number of piperidine rings is 1. The summed E-state index contributed by atoms with van der Waals surface area (Å²) >= 11 is 0. The summed E-state index contributed by atoms with van der Waals surface area (Å²) in [5.74, 6) is 1.22. The van der Waals surface area contributed by atoms with E-state index in [1.165, 1.54) is 41.8 Å². The molecule has 47 heavy (non-hydrogen) atoms. The molecule has 7 rings (SSSR count). The van der Waals surface area contributed by atoms with Crippen LogP contribution in [-0.4, -0.2) is 65.6 Å². The van der Waals surface area contributed by atoms with Crippen molar-refractivity contribution in [3.8, 4) is 22.6 Å². The van der Waals surface area contributed by atoms with Crippen molar-refractivity contribution >= 4 is 21.9 Å². The zero-order valence-corrected chi connectivity index (χ0v) is 26.6. The molecule has 6 aromatic rings. The molecule has 0 saturated carbocycles. The fourth-order valence-electron chi connectivity index (χ4n) is 6.61. The van der Waals surface area contributed by atoms with E-state index in [1.54, 1.807) is 7.11 Å². The maximum atomic E-state index is 14.9. The maximum absolute atomic E-state index is 14.9. The van der Waals surface area contributed by atoms with E-state index < -0.39 is 11.9 Å². The van der Waals surface area contributed by atoms with Crippen LogP contribution < -0.4 is 15.0 Å². The fourth-order valence-corrected chi connectivity index (χ4v) is 6.61. The number of fused-ring (bicyclic) bond motifs is 2. The van der Waals surface area contributed by atoms with Crippen LogP contribution in [0.4, 0.5) is 4.39 Å². The van der Waals surface area contributed by atoms with Crippen LogP contribution in [0.25, 0.3) is 33.1 Å². The number of para-hydroxylation sites is 2. The van der Waals surface area contributed by atoms with Gasteiger partial charge in [-0.05, 0) is 92.5 Å². The Morgan fingerprint density at radius 3 is 2.51 bits per heavy atom. The van der Waals surface area contributed by atoms with Crippen molar-refractivity contribution in [1.82, 2.24) is 24.4 Å². The molecule has 0 amide bonds. The van der Waals surface area contributed by atoms with E-state index in [2.05, 4.69) is 46.2 Å². The molecule has 0 spiro atoms. The minimum atomic E-state index is -0.920. The predicted octanol–water partition coefficient (Wildman–Crippen LogP) is 6.52. The van der Waals surface area contributed by atoms with E-state index in [0.29, 0.717) is 45.2 Å². The number of ether oxygens (including phenoxy) is 3. The zero-order valence-electron chi connectivity index (χ0n) is 26.6. The topological polar surface area (TPSA) is 94.5 Å². The number of nitrogens with zero attached hydrogens (tertiary/aromatic N) is 4. The number of likely N-dealkylation sites (tertiary alicyclic amines) is 1. The first-order chi connectivity index (χ1) is 22.9. The second kappa shape index (κ2) is 13.0. The highest BCUT2D eigenvalue weighted by Gasteiger charge is 2.28. The molecule has 1 saturated heterocycles. The summed E-state index contributed by atoms with van der Waals surface area (Å²) in [6.45, 7) is 2.12. The van der Waals surface area contributed by atoms with E-state index in [9.17, 15) is 9.18 Å². The molecule has 1 N–H and O–H groups in total. The largest absolute Gasteiger partial charge is 0.495 e. The Labute approximate surface area is 271 Å². The van der Waals surface area contributed by atoms with Gasteiger partial charge < -0.3 is 24.1 Å². The van der Waals surface area contributed by atoms with Gasteiger partial charge in [-0.3, -0.25) is 9.36 Å². The molecule has 1 aliphatic rings. The van der Waals surface area contributed by atoms with Crippen LogP contribution in [0.15, 0.2) is 90.0 Å². The molecule has 4 aromatic carbocycles. The van der Waals surface area contributed by atoms with E-state index in [-0.39, 0.29) is 12.4 Å². The van der Waals surface area contributed by atoms with Crippen molar-refractivity contribution in [1.29, 1.82) is 0 Å². The lowest BCUT2D eigenvalue weighted by Crippen LogP contribution is -2.29. The van der Waals surface area contributed by atoms with Crippen molar-refractivity contribution in [2.24, 2.45) is 0 Å². The van der Waals surface area contributed by atoms with Crippen LogP contribution in [0.1, 0.15) is 41.8 Å². The van der Waals surface area contributed by atoms with Crippen LogP contribution in [-0.2, 0) is 4.74 Å². The quantitative estimate of drug-likeness (QED) is 0.181. The fraction of sp³-hybridized carbons (Fsp3) is 0.270. The molecule has 10 heteroatoms. The molecular weight excluding hydrogens is 597 g/mol. The van der Waals surface area contributed by atoms with Crippen molar-refractivity contribution < 1.29 is 18.6 Å². The van der Waals surface area contributed by atoms with E-state index >= 15 is 0 Å². The second-order valence-electron chi connectivity index (χ2n) is 12.0. The minimum Gasteiger partial charge on any atom is -0.495 e. The third kappa shape index (κ3) is 5.86. The van der Waals surface area contributed by atoms with Crippen LogP contribution >= 0.6 is 0 Å². The van der Waals surface area contributed by atoms with Crippen LogP contribution in [0.3, 0.4) is 0 Å². The third-order valence-electron chi connectivity index (χ3n) is 9.06. The second-order valence-corrected chi connectivity index (χ2v) is 12.0. The number of benzene rings is 4. The summed E-state index contributed by atoms with van der Waals surface area (Å²) in [5, 5.41) is 0.309. The Kier molecular flexibility index (Phi) is 8.45. The lowest BCUT2D eigenvalue weighted by molar-refractivity contribution is 0.0501. The summed E-state index contributed by atoms with van der Waals surface area (Å²) in [4.78, 5) is 29.8. The van der Waals surface area contributed by atoms with Crippen LogP contribution in [0.5, 0.6) is 11.5 Å². The van der Waals surface area contributed by atoms with Gasteiger partial charge in [0.05, 0.1) is 30.0 Å². The number of rotatable bonds is 9. The third-order valence-corrected chi connectivity index (χ3v) is 9.06. The summed E-state index contributed by atoms with van der Waals surface area (Å²) < 4.78 is 33.3. The highest BCUT2D eigenvalue weighted by Crippen LogP contribution is 2.38. The molecule has 0 aliphatic carbocycles. The van der Waals surface area contributed by atoms with Crippen molar-refractivity contribution in [2.75, 3.05) is 41.1 Å². The average molecular weight is 634 g/mol. The number of hydrogen-bond acceptors (Lipinski definition) is 7. The van der Waals surface area contributed by atoms with Gasteiger partial charge in [-0.15, -0.1) is 0 Å². The summed E-state index contributed by atoms with van der Waals surface area (Å²) in [6, 6.07) is 23.1. The molecule has 2 aromatic heterocycles. The van der Waals surface area contributed by atoms with Gasteiger partial charge >= 0.3 is 0 Å². The number of H-pyrrole nitrogens is 1. The molecule has 9 nitrogen and oxygen atoms in total. The number of aromatic amines is 1. The van der Waals surface area contributed by atoms with E-state index in [4.69, 9.17) is 19.2 Å². The molecule has 240 valence electrons. The number of imidazole rings is 1. The summed E-state index contributed by atoms with van der Waals surface area (Å²) in [5.41, 5.74) is 5.00. The van der Waals surface area contributed by atoms with Gasteiger partial charge in [0.1, 0.15) is 34.6 Å². The van der Waals surface area contributed by atoms with Gasteiger partial charge in [-0.1, -0.05) is 36.4 Å². The first kappa shape index (κ1) is 30.6. The highest BCUT2D eigenvalue weighted by atomic mass is 19.1. The van der Waals surface area contributed by atoms with Gasteiger partial charge in [0.25, 0.3) is 5.56 Å². The van der Waals surface area contributed by atoms with Gasteiger partial charge in [0, 0.05) is 18.2 Å². The first-order valence-electron chi connectivity index (χ1n) is 15.7. The van der Waals surface area contributed by atoms with Crippen molar-refractivity contribution in [3.05, 3.63) is 118 Å². The van der Waals surface area contributed by atoms with Gasteiger partial charge in [0.15, 0.2) is 6.79 Å². The molecule has 1 fully saturated rings. The van der Waals surface area contributed by atoms with Crippen LogP contribution in [0, 0.1) is 5.82 Å². The predicted molar refractivity (Wildman–Crippen MR) is 180 cm³/mol. The number of methoxy groups -OCH3 is 2. The monoisotopic (exact) mass is 633 g/mol. The van der Waals surface area contributed by atoms with Gasteiger partial charge in [-0.25, -0.2) is 14.4 Å². The average Bonchev–Trinajstić information content (AvgIpc) is 3.53. The number of hydrogen-bond donors (Lipinski definition) is 1. The normalized spacial score (nSPS) is 14.9. The number of nitrogens with one attached hydrogen (secondary N) is 1. The van der Waals surface area contributed by atoms with E-state index in [0.717, 1.165) is 42.6 Å². The summed E-state index contributed by atoms with van der Waals surface area (Å²) in [7, 11) is 5.23. The Hall–Kier alpha value is -5.06. The number of aromatic nitrogens is 4. The van der Waals surface area contributed by atoms with Gasteiger partial charge in [0.2, 0.25) is 0 Å². The molecule has 1 aliphatic heterocycles. The first-order valence-corrected chi connectivity index (χ1v) is 15.7. The standard InChI is InChI=1S/C37H36FN5O4/c1-42-18-16-24(17-19-42)23-8-10-25(11-9-23)27-13-14-31-33(35(27)46-3)37(44)43(21-39-31)34(36-40-29-6-4-5-7-30(29)41-36)28-20-26(38)12-15-32(28)47-22-45-2/h4-15,20-21,24,34H,16-19,22H2,1-3H3,(H,40,41). The van der Waals surface area contributed by atoms with Crippen LogP contribution in [0.2, 0.25) is 0 Å². The zero-order chi connectivity index (χ0) is 32.5. The highest BCUT2D eigenvalue weighted by molar-refractivity contribution is 5.92. The Morgan fingerprint density at radius 2 is 1.77 bits per heavy atom. The van der Waals surface area contributed by atoms with Crippen molar-refractivity contribution in [2.45, 2.75) is 24.8 Å². The molecule has 0 radical (unpaired) electrons. The Bertz CT molecular complexity index is 2070. The molecule has 1 unspecified atom stereocenters.